The number of piperidine rings is 1. The minimum Gasteiger partial charge on any atom is -0.347 e. The molecule has 0 bridgehead atoms. The number of nitrogens with zero attached hydrogens (tertiary/aromatic N) is 1. The molecule has 0 saturated carbocycles. The molecular weight excluding hydrogens is 260 g/mol. The predicted octanol–water partition coefficient (Wildman–Crippen LogP) is 0.514. The smallest absolute Gasteiger partial charge is 0.241 e. The second kappa shape index (κ2) is 6.54. The van der Waals surface area contributed by atoms with E-state index in [1.165, 1.54) is 0 Å². The van der Waals surface area contributed by atoms with E-state index in [1.54, 1.807) is 4.90 Å². The van der Waals surface area contributed by atoms with Gasteiger partial charge in [-0.25, -0.2) is 0 Å². The van der Waals surface area contributed by atoms with E-state index in [2.05, 4.69) is 5.32 Å². The maximum atomic E-state index is 12.0. The summed E-state index contributed by atoms with van der Waals surface area (Å²) in [5.41, 5.74) is 0. The lowest BCUT2D eigenvalue weighted by atomic mass is 10.0. The van der Waals surface area contributed by atoms with Gasteiger partial charge in [0.2, 0.25) is 11.8 Å². The molecule has 0 unspecified atom stereocenters. The fourth-order valence-electron chi connectivity index (χ4n) is 2.61. The van der Waals surface area contributed by atoms with Crippen LogP contribution in [0.4, 0.5) is 0 Å². The number of likely N-dealkylation sites (tertiary alicyclic amines) is 1. The Labute approximate surface area is 119 Å². The van der Waals surface area contributed by atoms with Crippen LogP contribution in [0.1, 0.15) is 33.1 Å². The highest BCUT2D eigenvalue weighted by Gasteiger charge is 2.40. The van der Waals surface area contributed by atoms with Crippen LogP contribution in [0.3, 0.4) is 0 Å². The number of nitrogens with one attached hydrogen (secondary N) is 1. The molecule has 1 N–H and O–H groups in total. The molecule has 2 amide bonds. The first-order chi connectivity index (χ1) is 9.51. The van der Waals surface area contributed by atoms with E-state index in [0.717, 1.165) is 0 Å². The van der Waals surface area contributed by atoms with Gasteiger partial charge in [-0.3, -0.25) is 9.59 Å². The summed E-state index contributed by atoms with van der Waals surface area (Å²) in [6, 6.07) is 0. The van der Waals surface area contributed by atoms with Crippen molar-refractivity contribution >= 4 is 11.8 Å². The molecule has 0 radical (unpaired) electrons. The molecule has 2 fully saturated rings. The standard InChI is InChI=1S/C14H24N2O4/c1-11(2)9-12(17)15-10-13(18)16-5-3-14(4-6-16)19-7-8-20-14/h11H,3-10H2,1-2H3,(H,15,17). The molecule has 6 nitrogen and oxygen atoms in total. The van der Waals surface area contributed by atoms with Crippen molar-refractivity contribution in [3.63, 3.8) is 0 Å². The summed E-state index contributed by atoms with van der Waals surface area (Å²) in [6.45, 7) is 6.57. The van der Waals surface area contributed by atoms with Crippen LogP contribution in [0, 0.1) is 5.92 Å². The molecule has 2 rings (SSSR count). The molecule has 1 spiro atoms. The Morgan fingerprint density at radius 3 is 2.35 bits per heavy atom. The van der Waals surface area contributed by atoms with Crippen LogP contribution in [0.25, 0.3) is 0 Å². The van der Waals surface area contributed by atoms with Gasteiger partial charge in [0, 0.05) is 32.4 Å². The third-order valence-electron chi connectivity index (χ3n) is 3.72. The zero-order valence-corrected chi connectivity index (χ0v) is 12.3. The van der Waals surface area contributed by atoms with Crippen molar-refractivity contribution in [2.75, 3.05) is 32.8 Å². The monoisotopic (exact) mass is 284 g/mol. The SMILES string of the molecule is CC(C)CC(=O)NCC(=O)N1CCC2(CC1)OCCO2. The molecule has 20 heavy (non-hydrogen) atoms. The van der Waals surface area contributed by atoms with Crippen molar-refractivity contribution in [3.8, 4) is 0 Å². The van der Waals surface area contributed by atoms with Gasteiger partial charge in [-0.05, 0) is 5.92 Å². The maximum absolute atomic E-state index is 12.0. The van der Waals surface area contributed by atoms with Crippen molar-refractivity contribution in [2.45, 2.75) is 38.9 Å². The lowest BCUT2D eigenvalue weighted by molar-refractivity contribution is -0.187. The Balaban J connectivity index is 1.70. The highest BCUT2D eigenvalue weighted by atomic mass is 16.7. The number of amides is 2. The number of hydrogen-bond donors (Lipinski definition) is 1. The number of rotatable bonds is 4. The molecule has 0 aliphatic carbocycles. The van der Waals surface area contributed by atoms with Crippen LogP contribution in [0.15, 0.2) is 0 Å². The second-order valence-corrected chi connectivity index (χ2v) is 5.86. The van der Waals surface area contributed by atoms with E-state index in [9.17, 15) is 9.59 Å². The van der Waals surface area contributed by atoms with E-state index in [0.29, 0.717) is 51.5 Å². The van der Waals surface area contributed by atoms with Crippen LogP contribution in [-0.2, 0) is 19.1 Å². The zero-order valence-electron chi connectivity index (χ0n) is 12.3. The molecule has 2 saturated heterocycles. The van der Waals surface area contributed by atoms with Crippen LogP contribution >= 0.6 is 0 Å². The summed E-state index contributed by atoms with van der Waals surface area (Å²) in [5.74, 6) is -0.256. The largest absolute Gasteiger partial charge is 0.347 e. The molecule has 6 heteroatoms. The molecule has 2 heterocycles. The van der Waals surface area contributed by atoms with Crippen molar-refractivity contribution in [1.82, 2.24) is 10.2 Å². The molecule has 0 aromatic rings. The first kappa shape index (κ1) is 15.3. The van der Waals surface area contributed by atoms with Crippen molar-refractivity contribution in [1.29, 1.82) is 0 Å². The van der Waals surface area contributed by atoms with Crippen LogP contribution in [-0.4, -0.2) is 55.3 Å². The second-order valence-electron chi connectivity index (χ2n) is 5.86. The summed E-state index contributed by atoms with van der Waals surface area (Å²) < 4.78 is 11.2. The number of hydrogen-bond acceptors (Lipinski definition) is 4. The average Bonchev–Trinajstić information content (AvgIpc) is 2.84. The molecule has 0 aromatic carbocycles. The zero-order chi connectivity index (χ0) is 14.6. The third kappa shape index (κ3) is 3.93. The number of ether oxygens (including phenoxy) is 2. The van der Waals surface area contributed by atoms with E-state index in [-0.39, 0.29) is 18.4 Å². The average molecular weight is 284 g/mol. The van der Waals surface area contributed by atoms with Gasteiger partial charge < -0.3 is 19.7 Å². The summed E-state index contributed by atoms with van der Waals surface area (Å²) in [7, 11) is 0. The lowest BCUT2D eigenvalue weighted by Crippen LogP contribution is -2.49. The molecular formula is C14H24N2O4. The predicted molar refractivity (Wildman–Crippen MR) is 72.9 cm³/mol. The Bertz CT molecular complexity index is 354. The van der Waals surface area contributed by atoms with Crippen LogP contribution in [0.5, 0.6) is 0 Å². The van der Waals surface area contributed by atoms with Gasteiger partial charge >= 0.3 is 0 Å². The van der Waals surface area contributed by atoms with Crippen LogP contribution < -0.4 is 5.32 Å². The molecule has 114 valence electrons. The number of carbonyl (C=O) groups excluding carboxylic acids is 2. The number of carbonyl (C=O) groups is 2. The fourth-order valence-corrected chi connectivity index (χ4v) is 2.61. The first-order valence-corrected chi connectivity index (χ1v) is 7.33. The topological polar surface area (TPSA) is 67.9 Å². The Kier molecular flexibility index (Phi) is 4.99. The minimum atomic E-state index is -0.461. The first-order valence-electron chi connectivity index (χ1n) is 7.33. The summed E-state index contributed by atoms with van der Waals surface area (Å²) in [6.07, 6.45) is 1.87. The van der Waals surface area contributed by atoms with Gasteiger partial charge in [0.15, 0.2) is 5.79 Å². The van der Waals surface area contributed by atoms with Crippen molar-refractivity contribution < 1.29 is 19.1 Å². The van der Waals surface area contributed by atoms with Gasteiger partial charge in [0.05, 0.1) is 19.8 Å². The summed E-state index contributed by atoms with van der Waals surface area (Å²) in [5, 5.41) is 2.68. The lowest BCUT2D eigenvalue weighted by Gasteiger charge is -2.37. The fraction of sp³-hybridized carbons (Fsp3) is 0.857. The van der Waals surface area contributed by atoms with Crippen LogP contribution in [0.2, 0.25) is 0 Å². The minimum absolute atomic E-state index is 0.0325. The van der Waals surface area contributed by atoms with E-state index in [4.69, 9.17) is 9.47 Å². The normalized spacial score (nSPS) is 21.4. The van der Waals surface area contributed by atoms with E-state index >= 15 is 0 Å². The maximum Gasteiger partial charge on any atom is 0.241 e. The van der Waals surface area contributed by atoms with Gasteiger partial charge in [-0.1, -0.05) is 13.8 Å². The molecule has 2 aliphatic rings. The highest BCUT2D eigenvalue weighted by Crippen LogP contribution is 2.31. The quantitative estimate of drug-likeness (QED) is 0.817. The van der Waals surface area contributed by atoms with Gasteiger partial charge in [-0.2, -0.15) is 0 Å². The Morgan fingerprint density at radius 2 is 1.80 bits per heavy atom. The van der Waals surface area contributed by atoms with Gasteiger partial charge in [0.1, 0.15) is 0 Å². The Morgan fingerprint density at radius 1 is 1.20 bits per heavy atom. The van der Waals surface area contributed by atoms with Gasteiger partial charge in [-0.15, -0.1) is 0 Å². The van der Waals surface area contributed by atoms with Gasteiger partial charge in [0.25, 0.3) is 0 Å². The Hall–Kier alpha value is -1.14. The third-order valence-corrected chi connectivity index (χ3v) is 3.72. The summed E-state index contributed by atoms with van der Waals surface area (Å²) >= 11 is 0. The van der Waals surface area contributed by atoms with Crippen molar-refractivity contribution in [2.24, 2.45) is 5.92 Å². The molecule has 0 atom stereocenters. The van der Waals surface area contributed by atoms with Crippen molar-refractivity contribution in [3.05, 3.63) is 0 Å². The van der Waals surface area contributed by atoms with E-state index < -0.39 is 5.79 Å². The highest BCUT2D eigenvalue weighted by molar-refractivity contribution is 5.84. The molecule has 2 aliphatic heterocycles. The molecule has 0 aromatic heterocycles. The summed E-state index contributed by atoms with van der Waals surface area (Å²) in [4.78, 5) is 25.3. The van der Waals surface area contributed by atoms with E-state index in [1.807, 2.05) is 13.8 Å².